The second kappa shape index (κ2) is 6.71. The van der Waals surface area contributed by atoms with Gasteiger partial charge in [-0.3, -0.25) is 4.98 Å². The SMILES string of the molecule is COc1cc(-c2ccnc(Nc3cncc(C(F)(F)F)c3)n2)ccn1. The number of ether oxygens (including phenoxy) is 1. The van der Waals surface area contributed by atoms with Crippen molar-refractivity contribution in [1.82, 2.24) is 19.9 Å². The second-order valence-electron chi connectivity index (χ2n) is 4.94. The molecule has 0 aliphatic heterocycles. The zero-order valence-electron chi connectivity index (χ0n) is 12.9. The Labute approximate surface area is 140 Å². The molecule has 0 fully saturated rings. The molecule has 0 saturated carbocycles. The van der Waals surface area contributed by atoms with Crippen molar-refractivity contribution in [2.24, 2.45) is 0 Å². The van der Waals surface area contributed by atoms with Crippen molar-refractivity contribution in [3.05, 3.63) is 54.6 Å². The molecule has 0 aliphatic rings. The maximum atomic E-state index is 12.7. The van der Waals surface area contributed by atoms with Crippen LogP contribution in [-0.2, 0) is 6.18 Å². The van der Waals surface area contributed by atoms with Crippen molar-refractivity contribution >= 4 is 11.6 Å². The molecule has 0 unspecified atom stereocenters. The van der Waals surface area contributed by atoms with E-state index in [1.165, 1.54) is 19.5 Å². The lowest BCUT2D eigenvalue weighted by molar-refractivity contribution is -0.137. The summed E-state index contributed by atoms with van der Waals surface area (Å²) in [4.78, 5) is 15.9. The first-order valence-electron chi connectivity index (χ1n) is 7.08. The number of aromatic nitrogens is 4. The van der Waals surface area contributed by atoms with E-state index < -0.39 is 11.7 Å². The molecular formula is C16H12F3N5O. The van der Waals surface area contributed by atoms with E-state index >= 15 is 0 Å². The Morgan fingerprint density at radius 1 is 1.04 bits per heavy atom. The number of hydrogen-bond donors (Lipinski definition) is 1. The second-order valence-corrected chi connectivity index (χ2v) is 4.94. The quantitative estimate of drug-likeness (QED) is 0.776. The van der Waals surface area contributed by atoms with E-state index in [0.717, 1.165) is 17.8 Å². The maximum Gasteiger partial charge on any atom is 0.417 e. The molecular weight excluding hydrogens is 335 g/mol. The number of pyridine rings is 2. The third-order valence-corrected chi connectivity index (χ3v) is 3.22. The van der Waals surface area contributed by atoms with Crippen molar-refractivity contribution in [3.8, 4) is 17.1 Å². The van der Waals surface area contributed by atoms with Crippen LogP contribution in [-0.4, -0.2) is 27.0 Å². The van der Waals surface area contributed by atoms with Gasteiger partial charge in [0.25, 0.3) is 0 Å². The molecule has 0 radical (unpaired) electrons. The van der Waals surface area contributed by atoms with Crippen LogP contribution in [0.15, 0.2) is 49.1 Å². The topological polar surface area (TPSA) is 72.8 Å². The number of nitrogens with zero attached hydrogens (tertiary/aromatic N) is 4. The first-order valence-corrected chi connectivity index (χ1v) is 7.08. The van der Waals surface area contributed by atoms with E-state index in [4.69, 9.17) is 4.74 Å². The van der Waals surface area contributed by atoms with Gasteiger partial charge in [0.2, 0.25) is 11.8 Å². The number of rotatable bonds is 4. The average Bonchev–Trinajstić information content (AvgIpc) is 2.61. The van der Waals surface area contributed by atoms with Crippen molar-refractivity contribution < 1.29 is 17.9 Å². The summed E-state index contributed by atoms with van der Waals surface area (Å²) in [6.07, 6.45) is 0.617. The van der Waals surface area contributed by atoms with Crippen LogP contribution in [0, 0.1) is 0 Å². The summed E-state index contributed by atoms with van der Waals surface area (Å²) in [5, 5.41) is 2.72. The van der Waals surface area contributed by atoms with E-state index in [1.54, 1.807) is 24.4 Å². The fraction of sp³-hybridized carbons (Fsp3) is 0.125. The molecule has 3 rings (SSSR count). The molecule has 0 atom stereocenters. The summed E-state index contributed by atoms with van der Waals surface area (Å²) in [5.41, 5.74) is 0.587. The minimum absolute atomic E-state index is 0.138. The first kappa shape index (κ1) is 16.6. The minimum atomic E-state index is -4.47. The standard InChI is InChI=1S/C16H12F3N5O/c1-25-14-6-10(2-4-21-14)13-3-5-22-15(24-13)23-12-7-11(8-20-9-12)16(17,18)19/h2-9H,1H3,(H,22,23,24). The number of halogens is 3. The van der Waals surface area contributed by atoms with Gasteiger partial charge in [-0.2, -0.15) is 13.2 Å². The summed E-state index contributed by atoms with van der Waals surface area (Å²) < 4.78 is 43.3. The summed E-state index contributed by atoms with van der Waals surface area (Å²) in [6, 6.07) is 6.04. The van der Waals surface area contributed by atoms with Crippen LogP contribution >= 0.6 is 0 Å². The zero-order chi connectivity index (χ0) is 17.9. The van der Waals surface area contributed by atoms with Gasteiger partial charge >= 0.3 is 6.18 Å². The molecule has 3 heterocycles. The Hall–Kier alpha value is -3.23. The van der Waals surface area contributed by atoms with Crippen LogP contribution in [0.5, 0.6) is 5.88 Å². The van der Waals surface area contributed by atoms with E-state index in [2.05, 4.69) is 25.3 Å². The Kier molecular flexibility index (Phi) is 4.46. The minimum Gasteiger partial charge on any atom is -0.481 e. The van der Waals surface area contributed by atoms with Gasteiger partial charge < -0.3 is 10.1 Å². The van der Waals surface area contributed by atoms with Crippen molar-refractivity contribution in [2.75, 3.05) is 12.4 Å². The molecule has 128 valence electrons. The third-order valence-electron chi connectivity index (χ3n) is 3.22. The lowest BCUT2D eigenvalue weighted by Gasteiger charge is -2.10. The lowest BCUT2D eigenvalue weighted by Crippen LogP contribution is -2.06. The molecule has 0 saturated heterocycles. The van der Waals surface area contributed by atoms with Gasteiger partial charge in [-0.15, -0.1) is 0 Å². The largest absolute Gasteiger partial charge is 0.481 e. The molecule has 0 aliphatic carbocycles. The Balaban J connectivity index is 1.87. The molecule has 3 aromatic rings. The van der Waals surface area contributed by atoms with Crippen molar-refractivity contribution in [3.63, 3.8) is 0 Å². The highest BCUT2D eigenvalue weighted by Gasteiger charge is 2.31. The van der Waals surface area contributed by atoms with Gasteiger partial charge in [-0.25, -0.2) is 15.0 Å². The molecule has 0 aromatic carbocycles. The normalized spacial score (nSPS) is 11.2. The van der Waals surface area contributed by atoms with Crippen LogP contribution < -0.4 is 10.1 Å². The highest BCUT2D eigenvalue weighted by atomic mass is 19.4. The predicted octanol–water partition coefficient (Wildman–Crippen LogP) is 3.70. The smallest absolute Gasteiger partial charge is 0.417 e. The number of nitrogens with one attached hydrogen (secondary N) is 1. The van der Waals surface area contributed by atoms with Gasteiger partial charge in [0.15, 0.2) is 0 Å². The third kappa shape index (κ3) is 4.00. The summed E-state index contributed by atoms with van der Waals surface area (Å²) in [6.45, 7) is 0. The van der Waals surface area contributed by atoms with Crippen LogP contribution in [0.2, 0.25) is 0 Å². The molecule has 6 nitrogen and oxygen atoms in total. The van der Waals surface area contributed by atoms with E-state index in [9.17, 15) is 13.2 Å². The average molecular weight is 347 g/mol. The van der Waals surface area contributed by atoms with E-state index in [1.807, 2.05) is 0 Å². The van der Waals surface area contributed by atoms with Crippen molar-refractivity contribution in [1.29, 1.82) is 0 Å². The lowest BCUT2D eigenvalue weighted by atomic mass is 10.2. The number of anilines is 2. The van der Waals surface area contributed by atoms with Gasteiger partial charge in [-0.1, -0.05) is 0 Å². The molecule has 0 amide bonds. The first-order chi connectivity index (χ1) is 12.0. The fourth-order valence-electron chi connectivity index (χ4n) is 2.05. The highest BCUT2D eigenvalue weighted by molar-refractivity contribution is 5.62. The van der Waals surface area contributed by atoms with Gasteiger partial charge in [-0.05, 0) is 18.2 Å². The van der Waals surface area contributed by atoms with E-state index in [0.29, 0.717) is 11.6 Å². The molecule has 25 heavy (non-hydrogen) atoms. The van der Waals surface area contributed by atoms with Gasteiger partial charge in [0, 0.05) is 30.2 Å². The molecule has 9 heteroatoms. The van der Waals surface area contributed by atoms with E-state index in [-0.39, 0.29) is 11.6 Å². The Morgan fingerprint density at radius 3 is 2.60 bits per heavy atom. The van der Waals surface area contributed by atoms with Crippen LogP contribution in [0.3, 0.4) is 0 Å². The fourth-order valence-corrected chi connectivity index (χ4v) is 2.05. The number of alkyl halides is 3. The Morgan fingerprint density at radius 2 is 1.84 bits per heavy atom. The molecule has 0 spiro atoms. The van der Waals surface area contributed by atoms with Crippen LogP contribution in [0.1, 0.15) is 5.56 Å². The monoisotopic (exact) mass is 347 g/mol. The number of hydrogen-bond acceptors (Lipinski definition) is 6. The molecule has 1 N–H and O–H groups in total. The molecule has 0 bridgehead atoms. The van der Waals surface area contributed by atoms with Crippen molar-refractivity contribution in [2.45, 2.75) is 6.18 Å². The zero-order valence-corrected chi connectivity index (χ0v) is 12.9. The van der Waals surface area contributed by atoms with Crippen LogP contribution in [0.25, 0.3) is 11.3 Å². The Bertz CT molecular complexity index is 885. The maximum absolute atomic E-state index is 12.7. The highest BCUT2D eigenvalue weighted by Crippen LogP contribution is 2.30. The summed E-state index contributed by atoms with van der Waals surface area (Å²) in [7, 11) is 1.50. The van der Waals surface area contributed by atoms with Gasteiger partial charge in [0.05, 0.1) is 30.3 Å². The summed E-state index contributed by atoms with van der Waals surface area (Å²) in [5.74, 6) is 0.571. The van der Waals surface area contributed by atoms with Gasteiger partial charge in [0.1, 0.15) is 0 Å². The number of methoxy groups -OCH3 is 1. The predicted molar refractivity (Wildman–Crippen MR) is 84.3 cm³/mol. The summed E-state index contributed by atoms with van der Waals surface area (Å²) >= 11 is 0. The van der Waals surface area contributed by atoms with Crippen LogP contribution in [0.4, 0.5) is 24.8 Å². The molecule has 3 aromatic heterocycles.